The molecule has 5 heteroatoms. The van der Waals surface area contributed by atoms with E-state index < -0.39 is 5.97 Å². The number of hydrogen-bond donors (Lipinski definition) is 1. The summed E-state index contributed by atoms with van der Waals surface area (Å²) in [5.74, 6) is -0.552. The smallest absolute Gasteiger partial charge is 0.356 e. The van der Waals surface area contributed by atoms with Gasteiger partial charge in [0.15, 0.2) is 0 Å². The van der Waals surface area contributed by atoms with E-state index >= 15 is 0 Å². The molecule has 0 radical (unpaired) electrons. The third kappa shape index (κ3) is 1.98. The van der Waals surface area contributed by atoms with Crippen molar-refractivity contribution in [3.8, 4) is 6.07 Å². The van der Waals surface area contributed by atoms with Crippen LogP contribution in [-0.2, 0) is 4.74 Å². The second-order valence-corrected chi connectivity index (χ2v) is 2.49. The molecule has 2 N–H and O–H groups in total. The molecule has 1 rings (SSSR count). The fourth-order valence-electron chi connectivity index (χ4n) is 0.879. The van der Waals surface area contributed by atoms with Crippen LogP contribution in [-0.4, -0.2) is 17.6 Å². The molecule has 0 fully saturated rings. The maximum absolute atomic E-state index is 11.2. The molecule has 0 unspecified atom stereocenters. The third-order valence-corrected chi connectivity index (χ3v) is 1.54. The van der Waals surface area contributed by atoms with Gasteiger partial charge in [0.1, 0.15) is 11.8 Å². The maximum Gasteiger partial charge on any atom is 0.356 e. The number of aromatic nitrogens is 1. The highest BCUT2D eigenvalue weighted by Gasteiger charge is 2.10. The highest BCUT2D eigenvalue weighted by atomic mass is 16.5. The monoisotopic (exact) mass is 191 g/mol. The SMILES string of the molecule is CCOC(=O)c1cc(C#N)c(N)cn1. The van der Waals surface area contributed by atoms with Gasteiger partial charge in [0, 0.05) is 0 Å². The topological polar surface area (TPSA) is 89.0 Å². The third-order valence-electron chi connectivity index (χ3n) is 1.54. The summed E-state index contributed by atoms with van der Waals surface area (Å²) in [6.45, 7) is 1.97. The Labute approximate surface area is 81.1 Å². The number of nitrogens with two attached hydrogens (primary N) is 1. The molecule has 14 heavy (non-hydrogen) atoms. The molecule has 0 aliphatic rings. The number of carbonyl (C=O) groups is 1. The van der Waals surface area contributed by atoms with E-state index in [9.17, 15) is 4.79 Å². The number of nitrogen functional groups attached to an aromatic ring is 1. The fourth-order valence-corrected chi connectivity index (χ4v) is 0.879. The Morgan fingerprint density at radius 2 is 2.50 bits per heavy atom. The number of anilines is 1. The van der Waals surface area contributed by atoms with Gasteiger partial charge in [-0.2, -0.15) is 5.26 Å². The van der Waals surface area contributed by atoms with E-state index in [1.165, 1.54) is 12.3 Å². The van der Waals surface area contributed by atoms with Gasteiger partial charge < -0.3 is 10.5 Å². The van der Waals surface area contributed by atoms with Gasteiger partial charge in [-0.15, -0.1) is 0 Å². The zero-order chi connectivity index (χ0) is 10.6. The van der Waals surface area contributed by atoms with E-state index in [0.29, 0.717) is 0 Å². The molecule has 0 atom stereocenters. The Hall–Kier alpha value is -2.09. The van der Waals surface area contributed by atoms with Gasteiger partial charge in [0.05, 0.1) is 24.1 Å². The maximum atomic E-state index is 11.2. The normalized spacial score (nSPS) is 9.14. The van der Waals surface area contributed by atoms with E-state index in [1.54, 1.807) is 6.92 Å². The average Bonchev–Trinajstić information content (AvgIpc) is 2.19. The van der Waals surface area contributed by atoms with Gasteiger partial charge in [-0.3, -0.25) is 0 Å². The highest BCUT2D eigenvalue weighted by molar-refractivity contribution is 5.88. The van der Waals surface area contributed by atoms with Gasteiger partial charge in [0.25, 0.3) is 0 Å². The van der Waals surface area contributed by atoms with Crippen LogP contribution in [0.3, 0.4) is 0 Å². The lowest BCUT2D eigenvalue weighted by molar-refractivity contribution is 0.0519. The first kappa shape index (κ1) is 9.99. The van der Waals surface area contributed by atoms with E-state index in [-0.39, 0.29) is 23.6 Å². The first-order valence-corrected chi connectivity index (χ1v) is 4.01. The summed E-state index contributed by atoms with van der Waals surface area (Å²) < 4.78 is 4.72. The van der Waals surface area contributed by atoms with Crippen molar-refractivity contribution in [2.45, 2.75) is 6.92 Å². The van der Waals surface area contributed by atoms with Crippen molar-refractivity contribution < 1.29 is 9.53 Å². The predicted molar refractivity (Wildman–Crippen MR) is 49.3 cm³/mol. The molecular weight excluding hydrogens is 182 g/mol. The summed E-state index contributed by atoms with van der Waals surface area (Å²) in [6.07, 6.45) is 1.27. The van der Waals surface area contributed by atoms with E-state index in [2.05, 4.69) is 4.98 Å². The second-order valence-electron chi connectivity index (χ2n) is 2.49. The zero-order valence-electron chi connectivity index (χ0n) is 7.65. The predicted octanol–water partition coefficient (Wildman–Crippen LogP) is 0.712. The zero-order valence-corrected chi connectivity index (χ0v) is 7.65. The van der Waals surface area contributed by atoms with Crippen molar-refractivity contribution in [1.29, 1.82) is 5.26 Å². The summed E-state index contributed by atoms with van der Waals surface area (Å²) >= 11 is 0. The van der Waals surface area contributed by atoms with Gasteiger partial charge in [-0.05, 0) is 13.0 Å². The molecule has 0 amide bonds. The van der Waals surface area contributed by atoms with Gasteiger partial charge >= 0.3 is 5.97 Å². The number of rotatable bonds is 2. The summed E-state index contributed by atoms with van der Waals surface area (Å²) in [5, 5.41) is 8.64. The molecular formula is C9H9N3O2. The van der Waals surface area contributed by atoms with Gasteiger partial charge in [-0.1, -0.05) is 0 Å². The lowest BCUT2D eigenvalue weighted by Gasteiger charge is -2.01. The first-order valence-electron chi connectivity index (χ1n) is 4.01. The molecule has 0 saturated carbocycles. The van der Waals surface area contributed by atoms with Crippen LogP contribution in [0, 0.1) is 11.3 Å². The Morgan fingerprint density at radius 3 is 3.07 bits per heavy atom. The van der Waals surface area contributed by atoms with E-state index in [0.717, 1.165) is 0 Å². The summed E-state index contributed by atoms with van der Waals surface area (Å²) in [6, 6.07) is 3.17. The van der Waals surface area contributed by atoms with E-state index in [4.69, 9.17) is 15.7 Å². The number of esters is 1. The van der Waals surface area contributed by atoms with Crippen molar-refractivity contribution in [3.05, 3.63) is 23.5 Å². The van der Waals surface area contributed by atoms with Crippen LogP contribution in [0.2, 0.25) is 0 Å². The minimum absolute atomic E-state index is 0.0950. The molecule has 0 bridgehead atoms. The number of nitriles is 1. The van der Waals surface area contributed by atoms with Crippen LogP contribution in [0.5, 0.6) is 0 Å². The first-order chi connectivity index (χ1) is 6.69. The molecule has 0 aromatic carbocycles. The van der Waals surface area contributed by atoms with Crippen molar-refractivity contribution in [1.82, 2.24) is 4.98 Å². The number of nitrogens with zero attached hydrogens (tertiary/aromatic N) is 2. The molecule has 1 aromatic heterocycles. The minimum Gasteiger partial charge on any atom is -0.461 e. The molecule has 72 valence electrons. The molecule has 0 aliphatic heterocycles. The van der Waals surface area contributed by atoms with Crippen molar-refractivity contribution in [2.75, 3.05) is 12.3 Å². The molecule has 0 saturated heterocycles. The Morgan fingerprint density at radius 1 is 1.79 bits per heavy atom. The molecule has 5 nitrogen and oxygen atoms in total. The van der Waals surface area contributed by atoms with E-state index in [1.807, 2.05) is 6.07 Å². The molecule has 1 aromatic rings. The molecule has 1 heterocycles. The molecule has 0 aliphatic carbocycles. The Kier molecular flexibility index (Phi) is 3.02. The fraction of sp³-hybridized carbons (Fsp3) is 0.222. The number of pyridine rings is 1. The minimum atomic E-state index is -0.552. The Bertz CT molecular complexity index is 396. The lowest BCUT2D eigenvalue weighted by Crippen LogP contribution is -2.08. The average molecular weight is 191 g/mol. The lowest BCUT2D eigenvalue weighted by atomic mass is 10.2. The summed E-state index contributed by atoms with van der Waals surface area (Å²) in [4.78, 5) is 14.9. The highest BCUT2D eigenvalue weighted by Crippen LogP contribution is 2.10. The van der Waals surface area contributed by atoms with Gasteiger partial charge in [0.2, 0.25) is 0 Å². The standard InChI is InChI=1S/C9H9N3O2/c1-2-14-9(13)8-3-6(4-10)7(11)5-12-8/h3,5H,2,11H2,1H3. The quantitative estimate of drug-likeness (QED) is 0.695. The Balaban J connectivity index is 3.02. The largest absolute Gasteiger partial charge is 0.461 e. The van der Waals surface area contributed by atoms with Crippen molar-refractivity contribution in [3.63, 3.8) is 0 Å². The summed E-state index contributed by atoms with van der Waals surface area (Å²) in [7, 11) is 0. The van der Waals surface area contributed by atoms with Crippen molar-refractivity contribution in [2.24, 2.45) is 0 Å². The van der Waals surface area contributed by atoms with Gasteiger partial charge in [-0.25, -0.2) is 9.78 Å². The van der Waals surface area contributed by atoms with Crippen LogP contribution in [0.25, 0.3) is 0 Å². The summed E-state index contributed by atoms with van der Waals surface area (Å²) in [5.41, 5.74) is 6.01. The van der Waals surface area contributed by atoms with Crippen LogP contribution >= 0.6 is 0 Å². The number of hydrogen-bond acceptors (Lipinski definition) is 5. The van der Waals surface area contributed by atoms with Crippen molar-refractivity contribution >= 4 is 11.7 Å². The van der Waals surface area contributed by atoms with Crippen LogP contribution in [0.15, 0.2) is 12.3 Å². The van der Waals surface area contributed by atoms with Crippen LogP contribution in [0.4, 0.5) is 5.69 Å². The van der Waals surface area contributed by atoms with Crippen LogP contribution in [0.1, 0.15) is 23.0 Å². The number of ether oxygens (including phenoxy) is 1. The second kappa shape index (κ2) is 4.23. The number of carbonyl (C=O) groups excluding carboxylic acids is 1. The molecule has 0 spiro atoms. The van der Waals surface area contributed by atoms with Crippen LogP contribution < -0.4 is 5.73 Å².